The normalized spacial score (nSPS) is 20.8. The third kappa shape index (κ3) is 1.92. The van der Waals surface area contributed by atoms with Crippen LogP contribution in [0.3, 0.4) is 0 Å². The van der Waals surface area contributed by atoms with Gasteiger partial charge >= 0.3 is 0 Å². The molecule has 1 aliphatic heterocycles. The standard InChI is InChI=1S/C12H18N2O/c1-8(13-2)6-9-7-14-10-4-3-5-11(15)12(9)10/h3-5,8-9,13-15H,6-7H2,1-2H3. The zero-order valence-electron chi connectivity index (χ0n) is 9.25. The molecule has 82 valence electrons. The van der Waals surface area contributed by atoms with E-state index in [1.165, 1.54) is 0 Å². The molecular weight excluding hydrogens is 188 g/mol. The lowest BCUT2D eigenvalue weighted by molar-refractivity contribution is 0.453. The van der Waals surface area contributed by atoms with E-state index in [2.05, 4.69) is 17.6 Å². The molecule has 2 unspecified atom stereocenters. The van der Waals surface area contributed by atoms with Crippen LogP contribution in [0.2, 0.25) is 0 Å². The predicted molar refractivity (Wildman–Crippen MR) is 62.5 cm³/mol. The lowest BCUT2D eigenvalue weighted by Gasteiger charge is -2.16. The van der Waals surface area contributed by atoms with Crippen molar-refractivity contribution < 1.29 is 5.11 Å². The quantitative estimate of drug-likeness (QED) is 0.707. The van der Waals surface area contributed by atoms with Gasteiger partial charge in [-0.1, -0.05) is 6.07 Å². The number of fused-ring (bicyclic) bond motifs is 1. The molecule has 1 heterocycles. The summed E-state index contributed by atoms with van der Waals surface area (Å²) in [5.74, 6) is 0.842. The van der Waals surface area contributed by atoms with Gasteiger partial charge in [0.25, 0.3) is 0 Å². The molecule has 0 bridgehead atoms. The van der Waals surface area contributed by atoms with Gasteiger partial charge in [0.05, 0.1) is 0 Å². The second kappa shape index (κ2) is 4.11. The molecule has 1 aromatic rings. The van der Waals surface area contributed by atoms with Gasteiger partial charge in [-0.15, -0.1) is 0 Å². The Kier molecular flexibility index (Phi) is 2.82. The fraction of sp³-hybridized carbons (Fsp3) is 0.500. The highest BCUT2D eigenvalue weighted by Gasteiger charge is 2.26. The van der Waals surface area contributed by atoms with Crippen molar-refractivity contribution >= 4 is 5.69 Å². The summed E-state index contributed by atoms with van der Waals surface area (Å²) < 4.78 is 0. The first-order valence-electron chi connectivity index (χ1n) is 5.45. The van der Waals surface area contributed by atoms with E-state index in [-0.39, 0.29) is 0 Å². The Balaban J connectivity index is 2.20. The Bertz CT molecular complexity index is 351. The van der Waals surface area contributed by atoms with Crippen LogP contribution < -0.4 is 10.6 Å². The van der Waals surface area contributed by atoms with Gasteiger partial charge < -0.3 is 15.7 Å². The molecular formula is C12H18N2O. The molecule has 3 nitrogen and oxygen atoms in total. The fourth-order valence-electron chi connectivity index (χ4n) is 2.22. The molecule has 0 spiro atoms. The van der Waals surface area contributed by atoms with E-state index in [4.69, 9.17) is 0 Å². The summed E-state index contributed by atoms with van der Waals surface area (Å²) in [6.07, 6.45) is 1.05. The third-order valence-electron chi connectivity index (χ3n) is 3.16. The van der Waals surface area contributed by atoms with Crippen molar-refractivity contribution in [1.82, 2.24) is 5.32 Å². The lowest BCUT2D eigenvalue weighted by Crippen LogP contribution is -2.24. The summed E-state index contributed by atoms with van der Waals surface area (Å²) in [6.45, 7) is 3.09. The van der Waals surface area contributed by atoms with E-state index in [9.17, 15) is 5.11 Å². The van der Waals surface area contributed by atoms with Gasteiger partial charge in [0.1, 0.15) is 5.75 Å². The second-order valence-electron chi connectivity index (χ2n) is 4.24. The first-order chi connectivity index (χ1) is 7.22. The van der Waals surface area contributed by atoms with E-state index < -0.39 is 0 Å². The van der Waals surface area contributed by atoms with Crippen LogP contribution in [-0.4, -0.2) is 24.7 Å². The van der Waals surface area contributed by atoms with Gasteiger partial charge in [-0.05, 0) is 32.5 Å². The predicted octanol–water partition coefficient (Wildman–Crippen LogP) is 1.90. The highest BCUT2D eigenvalue weighted by Crippen LogP contribution is 2.39. The molecule has 0 aliphatic carbocycles. The van der Waals surface area contributed by atoms with E-state index >= 15 is 0 Å². The largest absolute Gasteiger partial charge is 0.508 e. The van der Waals surface area contributed by atoms with Crippen LogP contribution in [0.25, 0.3) is 0 Å². The Labute approximate surface area is 90.5 Å². The zero-order valence-corrected chi connectivity index (χ0v) is 9.25. The van der Waals surface area contributed by atoms with E-state index in [0.717, 1.165) is 24.2 Å². The van der Waals surface area contributed by atoms with E-state index in [1.54, 1.807) is 6.07 Å². The molecule has 3 heteroatoms. The number of phenolic OH excluding ortho intramolecular Hbond substituents is 1. The second-order valence-corrected chi connectivity index (χ2v) is 4.24. The average Bonchev–Trinajstić information content (AvgIpc) is 2.63. The zero-order chi connectivity index (χ0) is 10.8. The monoisotopic (exact) mass is 206 g/mol. The van der Waals surface area contributed by atoms with Crippen LogP contribution in [0.15, 0.2) is 18.2 Å². The summed E-state index contributed by atoms with van der Waals surface area (Å²) >= 11 is 0. The van der Waals surface area contributed by atoms with Crippen molar-refractivity contribution in [3.63, 3.8) is 0 Å². The van der Waals surface area contributed by atoms with Gasteiger partial charge in [-0.2, -0.15) is 0 Å². The molecule has 0 saturated heterocycles. The summed E-state index contributed by atoms with van der Waals surface area (Å²) in [6, 6.07) is 6.15. The van der Waals surface area contributed by atoms with Crippen LogP contribution in [0.1, 0.15) is 24.8 Å². The van der Waals surface area contributed by atoms with Crippen LogP contribution in [0.4, 0.5) is 5.69 Å². The lowest BCUT2D eigenvalue weighted by atomic mass is 9.94. The Morgan fingerprint density at radius 1 is 1.60 bits per heavy atom. The molecule has 1 aromatic carbocycles. The van der Waals surface area contributed by atoms with Crippen LogP contribution >= 0.6 is 0 Å². The molecule has 0 amide bonds. The summed E-state index contributed by atoms with van der Waals surface area (Å²) in [4.78, 5) is 0. The van der Waals surface area contributed by atoms with Crippen LogP contribution in [0.5, 0.6) is 5.75 Å². The van der Waals surface area contributed by atoms with Gasteiger partial charge in [0.15, 0.2) is 0 Å². The Morgan fingerprint density at radius 3 is 3.13 bits per heavy atom. The SMILES string of the molecule is CNC(C)CC1CNc2cccc(O)c21. The first-order valence-corrected chi connectivity index (χ1v) is 5.45. The summed E-state index contributed by atoms with van der Waals surface area (Å²) in [7, 11) is 1.97. The van der Waals surface area contributed by atoms with Crippen molar-refractivity contribution in [2.45, 2.75) is 25.3 Å². The third-order valence-corrected chi connectivity index (χ3v) is 3.16. The number of hydrogen-bond donors (Lipinski definition) is 3. The number of rotatable bonds is 3. The number of hydrogen-bond acceptors (Lipinski definition) is 3. The van der Waals surface area contributed by atoms with Gasteiger partial charge in [0.2, 0.25) is 0 Å². The average molecular weight is 206 g/mol. The van der Waals surface area contributed by atoms with Crippen molar-refractivity contribution in [3.05, 3.63) is 23.8 Å². The molecule has 0 fully saturated rings. The maximum Gasteiger partial charge on any atom is 0.121 e. The van der Waals surface area contributed by atoms with E-state index in [1.807, 2.05) is 19.2 Å². The maximum absolute atomic E-state index is 9.83. The first kappa shape index (κ1) is 10.3. The van der Waals surface area contributed by atoms with Crippen molar-refractivity contribution in [3.8, 4) is 5.75 Å². The van der Waals surface area contributed by atoms with E-state index in [0.29, 0.717) is 17.7 Å². The van der Waals surface area contributed by atoms with Crippen molar-refractivity contribution in [2.24, 2.45) is 0 Å². The van der Waals surface area contributed by atoms with Crippen LogP contribution in [-0.2, 0) is 0 Å². The van der Waals surface area contributed by atoms with Crippen LogP contribution in [0, 0.1) is 0 Å². The highest BCUT2D eigenvalue weighted by atomic mass is 16.3. The fourth-order valence-corrected chi connectivity index (χ4v) is 2.22. The van der Waals surface area contributed by atoms with Gasteiger partial charge in [0, 0.05) is 29.8 Å². The number of anilines is 1. The smallest absolute Gasteiger partial charge is 0.121 e. The summed E-state index contributed by atoms with van der Waals surface area (Å²) in [5.41, 5.74) is 2.17. The topological polar surface area (TPSA) is 44.3 Å². The molecule has 1 aliphatic rings. The minimum Gasteiger partial charge on any atom is -0.508 e. The molecule has 3 N–H and O–H groups in total. The molecule has 2 rings (SSSR count). The van der Waals surface area contributed by atoms with Gasteiger partial charge in [-0.25, -0.2) is 0 Å². The minimum absolute atomic E-state index is 0.420. The summed E-state index contributed by atoms with van der Waals surface area (Å²) in [5, 5.41) is 16.4. The maximum atomic E-state index is 9.83. The van der Waals surface area contributed by atoms with Crippen molar-refractivity contribution in [1.29, 1.82) is 0 Å². The molecule has 0 radical (unpaired) electrons. The number of nitrogens with one attached hydrogen (secondary N) is 2. The number of aromatic hydroxyl groups is 1. The Morgan fingerprint density at radius 2 is 2.40 bits per heavy atom. The molecule has 0 aromatic heterocycles. The highest BCUT2D eigenvalue weighted by molar-refractivity contribution is 5.63. The minimum atomic E-state index is 0.420. The molecule has 0 saturated carbocycles. The van der Waals surface area contributed by atoms with Crippen molar-refractivity contribution in [2.75, 3.05) is 18.9 Å². The number of benzene rings is 1. The Hall–Kier alpha value is -1.22. The number of phenols is 1. The van der Waals surface area contributed by atoms with Gasteiger partial charge in [-0.3, -0.25) is 0 Å². The molecule has 2 atom stereocenters. The molecule has 15 heavy (non-hydrogen) atoms.